The van der Waals surface area contributed by atoms with Crippen LogP contribution in [0.25, 0.3) is 6.08 Å². The third-order valence-electron chi connectivity index (χ3n) is 3.03. The molecule has 0 saturated carbocycles. The summed E-state index contributed by atoms with van der Waals surface area (Å²) >= 11 is 9.40. The van der Waals surface area contributed by atoms with Gasteiger partial charge in [-0.2, -0.15) is 0 Å². The molecule has 0 aliphatic carbocycles. The van der Waals surface area contributed by atoms with Gasteiger partial charge in [-0.05, 0) is 23.8 Å². The largest absolute Gasteiger partial charge is 0.495 e. The van der Waals surface area contributed by atoms with Gasteiger partial charge in [-0.15, -0.1) is 0 Å². The van der Waals surface area contributed by atoms with Crippen molar-refractivity contribution < 1.29 is 14.3 Å². The SMILES string of the molecule is COc1cc(NC(=O)C=Cc2ccc(Br)cc2)c(OC)cc1Cl. The van der Waals surface area contributed by atoms with Crippen molar-refractivity contribution in [3.05, 3.63) is 57.5 Å². The van der Waals surface area contributed by atoms with Crippen LogP contribution in [0, 0.1) is 0 Å². The normalized spacial score (nSPS) is 10.6. The number of carbonyl (C=O) groups is 1. The van der Waals surface area contributed by atoms with Crippen molar-refractivity contribution >= 4 is 45.2 Å². The van der Waals surface area contributed by atoms with E-state index in [-0.39, 0.29) is 5.91 Å². The average Bonchev–Trinajstić information content (AvgIpc) is 2.55. The first-order chi connectivity index (χ1) is 11.0. The monoisotopic (exact) mass is 395 g/mol. The van der Waals surface area contributed by atoms with Crippen LogP contribution in [-0.2, 0) is 4.79 Å². The third-order valence-corrected chi connectivity index (χ3v) is 3.85. The Hall–Kier alpha value is -1.98. The second-order valence-electron chi connectivity index (χ2n) is 4.56. The molecule has 0 heterocycles. The van der Waals surface area contributed by atoms with Crippen LogP contribution in [-0.4, -0.2) is 20.1 Å². The number of carbonyl (C=O) groups excluding carboxylic acids is 1. The summed E-state index contributed by atoms with van der Waals surface area (Å²) < 4.78 is 11.3. The van der Waals surface area contributed by atoms with Crippen LogP contribution in [0.1, 0.15) is 5.56 Å². The molecule has 4 nitrogen and oxygen atoms in total. The molecule has 0 aliphatic heterocycles. The van der Waals surface area contributed by atoms with Crippen LogP contribution in [0.2, 0.25) is 5.02 Å². The lowest BCUT2D eigenvalue weighted by Gasteiger charge is -2.12. The molecular weight excluding hydrogens is 382 g/mol. The van der Waals surface area contributed by atoms with Crippen molar-refractivity contribution in [3.8, 4) is 11.5 Å². The molecule has 0 atom stereocenters. The summed E-state index contributed by atoms with van der Waals surface area (Å²) in [5, 5.41) is 3.16. The molecule has 0 saturated heterocycles. The summed E-state index contributed by atoms with van der Waals surface area (Å²) in [7, 11) is 3.01. The van der Waals surface area contributed by atoms with Gasteiger partial charge in [-0.1, -0.05) is 39.7 Å². The molecule has 2 aromatic rings. The second-order valence-corrected chi connectivity index (χ2v) is 5.88. The number of halogens is 2. The number of hydrogen-bond donors (Lipinski definition) is 1. The van der Waals surface area contributed by atoms with Crippen LogP contribution in [0.15, 0.2) is 46.9 Å². The van der Waals surface area contributed by atoms with E-state index < -0.39 is 0 Å². The quantitative estimate of drug-likeness (QED) is 0.741. The summed E-state index contributed by atoms with van der Waals surface area (Å²) in [6, 6.07) is 10.8. The van der Waals surface area contributed by atoms with Crippen LogP contribution >= 0.6 is 27.5 Å². The first kappa shape index (κ1) is 17.4. The van der Waals surface area contributed by atoms with E-state index in [0.717, 1.165) is 10.0 Å². The van der Waals surface area contributed by atoms with Gasteiger partial charge in [0.1, 0.15) is 11.5 Å². The predicted octanol–water partition coefficient (Wildman–Crippen LogP) is 4.77. The third kappa shape index (κ3) is 4.74. The average molecular weight is 397 g/mol. The van der Waals surface area contributed by atoms with E-state index in [2.05, 4.69) is 21.2 Å². The Balaban J connectivity index is 2.14. The molecule has 2 aromatic carbocycles. The van der Waals surface area contributed by atoms with E-state index in [4.69, 9.17) is 21.1 Å². The van der Waals surface area contributed by atoms with Gasteiger partial charge in [0.25, 0.3) is 0 Å². The first-order valence-corrected chi connectivity index (χ1v) is 7.86. The van der Waals surface area contributed by atoms with Gasteiger partial charge in [0.15, 0.2) is 0 Å². The number of benzene rings is 2. The Kier molecular flexibility index (Phi) is 6.07. The number of hydrogen-bond acceptors (Lipinski definition) is 3. The molecule has 0 aliphatic rings. The van der Waals surface area contributed by atoms with Crippen LogP contribution in [0.4, 0.5) is 5.69 Å². The molecule has 1 amide bonds. The van der Waals surface area contributed by atoms with Crippen molar-refractivity contribution in [1.82, 2.24) is 0 Å². The number of nitrogens with one attached hydrogen (secondary N) is 1. The molecule has 0 aromatic heterocycles. The van der Waals surface area contributed by atoms with Gasteiger partial charge in [0.2, 0.25) is 5.91 Å². The highest BCUT2D eigenvalue weighted by molar-refractivity contribution is 9.10. The Labute approximate surface area is 148 Å². The van der Waals surface area contributed by atoms with Crippen molar-refractivity contribution in [2.75, 3.05) is 19.5 Å². The standard InChI is InChI=1S/C17H15BrClNO3/c1-22-15-10-14(16(23-2)9-13(15)19)20-17(21)8-5-11-3-6-12(18)7-4-11/h3-10H,1-2H3,(H,20,21). The van der Waals surface area contributed by atoms with Crippen molar-refractivity contribution in [2.24, 2.45) is 0 Å². The highest BCUT2D eigenvalue weighted by Crippen LogP contribution is 2.35. The summed E-state index contributed by atoms with van der Waals surface area (Å²) in [6.07, 6.45) is 3.17. The van der Waals surface area contributed by atoms with Gasteiger partial charge in [0, 0.05) is 22.7 Å². The maximum atomic E-state index is 12.1. The zero-order chi connectivity index (χ0) is 16.8. The van der Waals surface area contributed by atoms with Gasteiger partial charge in [-0.25, -0.2) is 0 Å². The minimum Gasteiger partial charge on any atom is -0.495 e. The first-order valence-electron chi connectivity index (χ1n) is 6.69. The van der Waals surface area contributed by atoms with Crippen LogP contribution in [0.3, 0.4) is 0 Å². The number of anilines is 1. The van der Waals surface area contributed by atoms with E-state index >= 15 is 0 Å². The van der Waals surface area contributed by atoms with E-state index in [1.807, 2.05) is 24.3 Å². The van der Waals surface area contributed by atoms with Crippen molar-refractivity contribution in [1.29, 1.82) is 0 Å². The van der Waals surface area contributed by atoms with E-state index in [0.29, 0.717) is 22.2 Å². The van der Waals surface area contributed by atoms with E-state index in [9.17, 15) is 4.79 Å². The highest BCUT2D eigenvalue weighted by atomic mass is 79.9. The summed E-state index contributed by atoms with van der Waals surface area (Å²) in [4.78, 5) is 12.1. The van der Waals surface area contributed by atoms with Crippen molar-refractivity contribution in [3.63, 3.8) is 0 Å². The molecule has 1 N–H and O–H groups in total. The van der Waals surface area contributed by atoms with Gasteiger partial charge in [0.05, 0.1) is 24.9 Å². The fourth-order valence-electron chi connectivity index (χ4n) is 1.88. The molecule has 23 heavy (non-hydrogen) atoms. The zero-order valence-corrected chi connectivity index (χ0v) is 14.9. The number of rotatable bonds is 5. The lowest BCUT2D eigenvalue weighted by molar-refractivity contribution is -0.111. The lowest BCUT2D eigenvalue weighted by atomic mass is 10.2. The van der Waals surface area contributed by atoms with Crippen LogP contribution < -0.4 is 14.8 Å². The number of ether oxygens (including phenoxy) is 2. The number of amides is 1. The summed E-state index contributed by atoms with van der Waals surface area (Å²) in [5.74, 6) is 0.636. The molecule has 0 fully saturated rings. The molecule has 0 radical (unpaired) electrons. The highest BCUT2D eigenvalue weighted by Gasteiger charge is 2.11. The Morgan fingerprint density at radius 1 is 1.13 bits per heavy atom. The Morgan fingerprint density at radius 2 is 1.78 bits per heavy atom. The Bertz CT molecular complexity index is 729. The molecule has 6 heteroatoms. The van der Waals surface area contributed by atoms with Crippen LogP contribution in [0.5, 0.6) is 11.5 Å². The maximum absolute atomic E-state index is 12.1. The van der Waals surface area contributed by atoms with Gasteiger partial charge < -0.3 is 14.8 Å². The summed E-state index contributed by atoms with van der Waals surface area (Å²) in [6.45, 7) is 0. The maximum Gasteiger partial charge on any atom is 0.248 e. The van der Waals surface area contributed by atoms with E-state index in [1.165, 1.54) is 20.3 Å². The van der Waals surface area contributed by atoms with Gasteiger partial charge >= 0.3 is 0 Å². The second kappa shape index (κ2) is 8.04. The minimum absolute atomic E-state index is 0.282. The van der Waals surface area contributed by atoms with Crippen molar-refractivity contribution in [2.45, 2.75) is 0 Å². The Morgan fingerprint density at radius 3 is 2.39 bits per heavy atom. The molecule has 120 valence electrons. The summed E-state index contributed by atoms with van der Waals surface area (Å²) in [5.41, 5.74) is 1.41. The fourth-order valence-corrected chi connectivity index (χ4v) is 2.37. The minimum atomic E-state index is -0.282. The molecular formula is C17H15BrClNO3. The predicted molar refractivity (Wildman–Crippen MR) is 96.4 cm³/mol. The zero-order valence-electron chi connectivity index (χ0n) is 12.6. The molecule has 0 spiro atoms. The fraction of sp³-hybridized carbons (Fsp3) is 0.118. The van der Waals surface area contributed by atoms with E-state index in [1.54, 1.807) is 18.2 Å². The lowest BCUT2D eigenvalue weighted by Crippen LogP contribution is -2.09. The molecule has 0 unspecified atom stereocenters. The molecule has 2 rings (SSSR count). The molecule has 0 bridgehead atoms. The smallest absolute Gasteiger partial charge is 0.248 e. The van der Waals surface area contributed by atoms with Gasteiger partial charge in [-0.3, -0.25) is 4.79 Å². The topological polar surface area (TPSA) is 47.6 Å². The number of methoxy groups -OCH3 is 2.